The first-order valence-corrected chi connectivity index (χ1v) is 27.6. The maximum Gasteiger partial charge on any atom is -1.00 e. The largest absolute Gasteiger partial charge is 1.00 e. The van der Waals surface area contributed by atoms with Gasteiger partial charge in [0.25, 0.3) is 0 Å². The second kappa shape index (κ2) is 14.6. The number of rotatable bonds is 4. The zero-order chi connectivity index (χ0) is 35.1. The third-order valence-electron chi connectivity index (χ3n) is 11.8. The van der Waals surface area contributed by atoms with Crippen molar-refractivity contribution in [1.29, 1.82) is 0 Å². The number of hydrogen-bond donors (Lipinski definition) is 0. The molecule has 262 valence electrons. The number of benzene rings is 8. The van der Waals surface area contributed by atoms with Crippen molar-refractivity contribution < 1.29 is 45.2 Å². The quantitative estimate of drug-likeness (QED) is 0.124. The van der Waals surface area contributed by atoms with Crippen molar-refractivity contribution in [2.75, 3.05) is 0 Å². The van der Waals surface area contributed by atoms with Crippen LogP contribution in [0.1, 0.15) is 43.4 Å². The van der Waals surface area contributed by atoms with E-state index in [0.717, 1.165) is 0 Å². The van der Waals surface area contributed by atoms with Gasteiger partial charge >= 0.3 is 316 Å². The van der Waals surface area contributed by atoms with Crippen molar-refractivity contribution >= 4 is 60.7 Å². The van der Waals surface area contributed by atoms with E-state index in [1.807, 2.05) is 0 Å². The van der Waals surface area contributed by atoms with Gasteiger partial charge in [-0.3, -0.25) is 0 Å². The van der Waals surface area contributed by atoms with Gasteiger partial charge in [0.05, 0.1) is 0 Å². The topological polar surface area (TPSA) is 0 Å². The minimum absolute atomic E-state index is 0. The number of hydrogen-bond acceptors (Lipinski definition) is 0. The fourth-order valence-electron chi connectivity index (χ4n) is 9.55. The number of halogens is 2. The molecule has 2 aliphatic rings. The summed E-state index contributed by atoms with van der Waals surface area (Å²) in [7, 11) is 0. The Balaban J connectivity index is 0.00000207. The van der Waals surface area contributed by atoms with Crippen molar-refractivity contribution in [2.24, 2.45) is 0 Å². The molecule has 0 nitrogen and oxygen atoms in total. The van der Waals surface area contributed by atoms with Gasteiger partial charge in [-0.05, 0) is 0 Å². The molecule has 10 rings (SSSR count). The van der Waals surface area contributed by atoms with E-state index in [0.29, 0.717) is 7.25 Å². The zero-order valence-electron chi connectivity index (χ0n) is 30.9. The average molecular weight is 831 g/mol. The third kappa shape index (κ3) is 5.89. The third-order valence-corrected chi connectivity index (χ3v) is 31.7. The Morgan fingerprint density at radius 2 is 0.759 bits per heavy atom. The van der Waals surface area contributed by atoms with Crippen LogP contribution in [0.15, 0.2) is 157 Å². The first-order valence-electron chi connectivity index (χ1n) is 18.6. The van der Waals surface area contributed by atoms with Gasteiger partial charge in [0.15, 0.2) is 0 Å². The van der Waals surface area contributed by atoms with E-state index in [-0.39, 0.29) is 24.8 Å². The van der Waals surface area contributed by atoms with Gasteiger partial charge in [-0.1, -0.05) is 0 Å². The minimum Gasteiger partial charge on any atom is -1.00 e. The van der Waals surface area contributed by atoms with Gasteiger partial charge in [-0.2, -0.15) is 0 Å². The molecule has 54 heavy (non-hydrogen) atoms. The molecule has 2 unspecified atom stereocenters. The van der Waals surface area contributed by atoms with Gasteiger partial charge in [-0.25, -0.2) is 0 Å². The fourth-order valence-corrected chi connectivity index (χ4v) is 30.3. The Morgan fingerprint density at radius 3 is 1.17 bits per heavy atom. The molecule has 0 aliphatic heterocycles. The van der Waals surface area contributed by atoms with Crippen LogP contribution >= 0.6 is 0 Å². The molecule has 4 heteroatoms. The Hall–Kier alpha value is -4.04. The smallest absolute Gasteiger partial charge is 1.00 e. The molecule has 0 N–H and O–H groups in total. The second-order valence-corrected chi connectivity index (χ2v) is 33.0. The number of allylic oxidation sites excluding steroid dienone is 2. The molecule has 8 aromatic carbocycles. The first-order chi connectivity index (χ1) is 25.4. The maximum absolute atomic E-state index is 2.63. The number of fused-ring (bicyclic) bond motifs is 6. The van der Waals surface area contributed by atoms with Crippen LogP contribution in [0, 0.1) is 0 Å². The van der Waals surface area contributed by atoms with Gasteiger partial charge in [0.2, 0.25) is 0 Å². The molecule has 2 atom stereocenters. The molecule has 0 saturated heterocycles. The summed E-state index contributed by atoms with van der Waals surface area (Å²) in [6.07, 6.45) is 5.15. The molecule has 0 radical (unpaired) electrons. The fraction of sp³-hybridized carbons (Fsp3) is 0.120. The van der Waals surface area contributed by atoms with E-state index < -0.39 is 25.8 Å². The normalized spacial score (nSPS) is 15.5. The van der Waals surface area contributed by atoms with E-state index in [2.05, 4.69) is 185 Å². The van der Waals surface area contributed by atoms with E-state index >= 15 is 0 Å². The van der Waals surface area contributed by atoms with Gasteiger partial charge in [-0.15, -0.1) is 0 Å². The van der Waals surface area contributed by atoms with Gasteiger partial charge < -0.3 is 24.8 Å². The van der Waals surface area contributed by atoms with Crippen LogP contribution in [0.5, 0.6) is 0 Å². The SMILES string of the molecule is CC1=Cc2c(-c3cccc4cc5ccccc5cc34)cccc2[CH]1[Zr+2]([CH]1C(C)=Cc2c(-c3cccc4cc5ccccc5cc34)cccc21)=[Si](C)C.[Cl-].[Cl-]. The first kappa shape index (κ1) is 36.9. The van der Waals surface area contributed by atoms with Crippen molar-refractivity contribution in [2.45, 2.75) is 34.2 Å². The Morgan fingerprint density at radius 1 is 0.407 bits per heavy atom. The molecule has 2 aliphatic carbocycles. The summed E-state index contributed by atoms with van der Waals surface area (Å²) in [5, 5.41) is 10.5. The van der Waals surface area contributed by atoms with Crippen molar-refractivity contribution in [3.63, 3.8) is 0 Å². The van der Waals surface area contributed by atoms with Crippen LogP contribution in [-0.4, -0.2) is 5.43 Å². The maximum atomic E-state index is 2.63. The molecule has 0 saturated carbocycles. The summed E-state index contributed by atoms with van der Waals surface area (Å²) in [5.41, 5.74) is 14.2. The Kier molecular flexibility index (Phi) is 9.95. The van der Waals surface area contributed by atoms with Gasteiger partial charge in [0, 0.05) is 0 Å². The molecular formula is C50H40Cl2SiZr. The molecule has 0 spiro atoms. The van der Waals surface area contributed by atoms with Crippen LogP contribution in [0.2, 0.25) is 13.1 Å². The summed E-state index contributed by atoms with van der Waals surface area (Å²) in [6, 6.07) is 55.2. The van der Waals surface area contributed by atoms with Gasteiger partial charge in [0.1, 0.15) is 0 Å². The summed E-state index contributed by atoms with van der Waals surface area (Å²) in [4.78, 5) is 0. The standard InChI is InChI=1S/2C24H17.C2H6Si.2ClH.Zr/c2*1-16-12-19-8-4-10-21(23(19)13-16)22-11-5-9-20-14-17-6-2-3-7-18(17)15-24(20)22;1-3-2;;;/h2*2-15H,1H3;1-2H3;2*1H;/q;;;;;+2/p-2. The van der Waals surface area contributed by atoms with Crippen molar-refractivity contribution in [3.05, 3.63) is 179 Å². The van der Waals surface area contributed by atoms with E-state index in [1.54, 1.807) is 22.3 Å². The summed E-state index contributed by atoms with van der Waals surface area (Å²) in [6.45, 7) is 10.2. The molecule has 0 amide bonds. The Labute approximate surface area is 338 Å². The van der Waals surface area contributed by atoms with Crippen LogP contribution in [0.4, 0.5) is 0 Å². The van der Waals surface area contributed by atoms with E-state index in [4.69, 9.17) is 0 Å². The summed E-state index contributed by atoms with van der Waals surface area (Å²) < 4.78 is 1.17. The second-order valence-electron chi connectivity index (χ2n) is 15.2. The van der Waals surface area contributed by atoms with Crippen LogP contribution in [0.3, 0.4) is 0 Å². The van der Waals surface area contributed by atoms with Crippen LogP contribution in [-0.2, 0) is 20.4 Å². The molecule has 8 aromatic rings. The van der Waals surface area contributed by atoms with E-state index in [9.17, 15) is 0 Å². The molecule has 0 aromatic heterocycles. The van der Waals surface area contributed by atoms with Crippen molar-refractivity contribution in [3.8, 4) is 22.3 Å². The van der Waals surface area contributed by atoms with E-state index in [1.165, 1.54) is 76.5 Å². The summed E-state index contributed by atoms with van der Waals surface area (Å²) in [5.74, 6) is 0. The molecule has 0 bridgehead atoms. The van der Waals surface area contributed by atoms with Crippen LogP contribution < -0.4 is 24.8 Å². The predicted molar refractivity (Wildman–Crippen MR) is 224 cm³/mol. The predicted octanol–water partition coefficient (Wildman–Crippen LogP) is 8.13. The monoisotopic (exact) mass is 828 g/mol. The molecule has 0 heterocycles. The average Bonchev–Trinajstić information content (AvgIpc) is 3.68. The molecule has 0 fully saturated rings. The van der Waals surface area contributed by atoms with Crippen LogP contribution in [0.25, 0.3) is 77.5 Å². The van der Waals surface area contributed by atoms with Crippen molar-refractivity contribution in [1.82, 2.24) is 0 Å². The minimum atomic E-state index is -2.25. The summed E-state index contributed by atoms with van der Waals surface area (Å²) >= 11 is -2.25. The zero-order valence-corrected chi connectivity index (χ0v) is 35.9. The molecular weight excluding hydrogens is 791 g/mol. The Bertz CT molecular complexity index is 2720.